The van der Waals surface area contributed by atoms with Gasteiger partial charge in [-0.05, 0) is 30.7 Å². The molecule has 0 saturated carbocycles. The van der Waals surface area contributed by atoms with E-state index >= 15 is 0 Å². The van der Waals surface area contributed by atoms with Gasteiger partial charge in [0, 0.05) is 41.3 Å². The number of hydrogen-bond acceptors (Lipinski definition) is 6. The van der Waals surface area contributed by atoms with Crippen LogP contribution < -0.4 is 10.5 Å². The van der Waals surface area contributed by atoms with Crippen LogP contribution in [0.15, 0.2) is 41.3 Å². The standard InChI is InChI=1S/C16H15Cl2N3O5S/c17-10-5-11(18)7-14(6-10)26-15-2-1-13(21(22)23)8-16(15)27(24,25)20-4-3-12(19)9-20/h1-2,5-8,12H,3-4,9,19H2/t12-/m1/s1. The van der Waals surface area contributed by atoms with Crippen LogP contribution in [0.2, 0.25) is 10.0 Å². The minimum absolute atomic E-state index is 0.0700. The van der Waals surface area contributed by atoms with Gasteiger partial charge in [-0.3, -0.25) is 10.1 Å². The Morgan fingerprint density at radius 3 is 2.41 bits per heavy atom. The van der Waals surface area contributed by atoms with Gasteiger partial charge in [-0.25, -0.2) is 8.42 Å². The van der Waals surface area contributed by atoms with E-state index in [1.165, 1.54) is 28.6 Å². The van der Waals surface area contributed by atoms with Gasteiger partial charge in [-0.2, -0.15) is 4.31 Å². The topological polar surface area (TPSA) is 116 Å². The molecule has 0 radical (unpaired) electrons. The lowest BCUT2D eigenvalue weighted by atomic mass is 10.3. The van der Waals surface area contributed by atoms with Crippen LogP contribution in [0.3, 0.4) is 0 Å². The van der Waals surface area contributed by atoms with Crippen molar-refractivity contribution < 1.29 is 18.1 Å². The van der Waals surface area contributed by atoms with Gasteiger partial charge in [0.05, 0.1) is 4.92 Å². The molecule has 2 aromatic carbocycles. The first-order valence-electron chi connectivity index (χ1n) is 7.85. The van der Waals surface area contributed by atoms with Gasteiger partial charge in [0.25, 0.3) is 5.69 Å². The van der Waals surface area contributed by atoms with Gasteiger partial charge >= 0.3 is 0 Å². The largest absolute Gasteiger partial charge is 0.456 e. The average molecular weight is 432 g/mol. The second-order valence-electron chi connectivity index (χ2n) is 6.01. The Balaban J connectivity index is 2.07. The molecule has 11 heteroatoms. The molecule has 2 N–H and O–H groups in total. The van der Waals surface area contributed by atoms with Crippen LogP contribution in [-0.2, 0) is 10.0 Å². The maximum Gasteiger partial charge on any atom is 0.271 e. The number of non-ortho nitro benzene ring substituents is 1. The fraction of sp³-hybridized carbons (Fsp3) is 0.250. The molecule has 0 aliphatic carbocycles. The molecule has 0 spiro atoms. The molecule has 1 saturated heterocycles. The molecular weight excluding hydrogens is 417 g/mol. The number of hydrogen-bond donors (Lipinski definition) is 1. The third-order valence-electron chi connectivity index (χ3n) is 4.01. The highest BCUT2D eigenvalue weighted by Gasteiger charge is 2.34. The quantitative estimate of drug-likeness (QED) is 0.572. The van der Waals surface area contributed by atoms with Crippen molar-refractivity contribution in [3.8, 4) is 11.5 Å². The second-order valence-corrected chi connectivity index (χ2v) is 8.79. The molecule has 1 heterocycles. The van der Waals surface area contributed by atoms with Crippen molar-refractivity contribution in [3.05, 3.63) is 56.6 Å². The van der Waals surface area contributed by atoms with E-state index in [4.69, 9.17) is 33.7 Å². The van der Waals surface area contributed by atoms with E-state index in [1.807, 2.05) is 0 Å². The first kappa shape index (κ1) is 19.8. The van der Waals surface area contributed by atoms with E-state index in [-0.39, 0.29) is 41.2 Å². The Hall–Kier alpha value is -1.91. The summed E-state index contributed by atoms with van der Waals surface area (Å²) < 4.78 is 32.9. The van der Waals surface area contributed by atoms with Crippen molar-refractivity contribution in [2.75, 3.05) is 13.1 Å². The fourth-order valence-electron chi connectivity index (χ4n) is 2.72. The van der Waals surface area contributed by atoms with E-state index in [2.05, 4.69) is 0 Å². The van der Waals surface area contributed by atoms with E-state index < -0.39 is 14.9 Å². The first-order chi connectivity index (χ1) is 12.7. The van der Waals surface area contributed by atoms with Crippen molar-refractivity contribution in [2.24, 2.45) is 5.73 Å². The Labute approximate surface area is 165 Å². The molecule has 0 unspecified atom stereocenters. The maximum atomic E-state index is 13.0. The lowest BCUT2D eigenvalue weighted by molar-refractivity contribution is -0.385. The molecule has 1 fully saturated rings. The third kappa shape index (κ3) is 4.33. The van der Waals surface area contributed by atoms with Crippen LogP contribution in [0.5, 0.6) is 11.5 Å². The molecule has 8 nitrogen and oxygen atoms in total. The third-order valence-corrected chi connectivity index (χ3v) is 6.33. The summed E-state index contributed by atoms with van der Waals surface area (Å²) in [6.07, 6.45) is 0.508. The zero-order valence-corrected chi connectivity index (χ0v) is 16.2. The number of nitrogens with zero attached hydrogens (tertiary/aromatic N) is 2. The molecule has 1 aliphatic rings. The monoisotopic (exact) mass is 431 g/mol. The van der Waals surface area contributed by atoms with Crippen LogP contribution in [0.4, 0.5) is 5.69 Å². The lowest BCUT2D eigenvalue weighted by Crippen LogP contribution is -2.32. The predicted octanol–water partition coefficient (Wildman–Crippen LogP) is 3.42. The molecule has 0 amide bonds. The molecule has 2 aromatic rings. The van der Waals surface area contributed by atoms with E-state index in [0.717, 1.165) is 12.1 Å². The summed E-state index contributed by atoms with van der Waals surface area (Å²) in [5, 5.41) is 11.7. The summed E-state index contributed by atoms with van der Waals surface area (Å²) >= 11 is 11.9. The van der Waals surface area contributed by atoms with Crippen LogP contribution in [0, 0.1) is 10.1 Å². The summed E-state index contributed by atoms with van der Waals surface area (Å²) in [5.74, 6) is 0.135. The fourth-order valence-corrected chi connectivity index (χ4v) is 4.87. The zero-order chi connectivity index (χ0) is 19.8. The summed E-state index contributed by atoms with van der Waals surface area (Å²) in [5.41, 5.74) is 5.43. The van der Waals surface area contributed by atoms with Gasteiger partial charge < -0.3 is 10.5 Å². The maximum absolute atomic E-state index is 13.0. The molecule has 1 atom stereocenters. The summed E-state index contributed by atoms with van der Waals surface area (Å²) in [6, 6.07) is 7.49. The van der Waals surface area contributed by atoms with Gasteiger partial charge in [0.2, 0.25) is 10.0 Å². The van der Waals surface area contributed by atoms with Gasteiger partial charge in [-0.15, -0.1) is 0 Å². The van der Waals surface area contributed by atoms with Crippen molar-refractivity contribution in [3.63, 3.8) is 0 Å². The van der Waals surface area contributed by atoms with Crippen molar-refractivity contribution >= 4 is 38.9 Å². The number of nitro benzene ring substituents is 1. The Morgan fingerprint density at radius 2 is 1.85 bits per heavy atom. The zero-order valence-electron chi connectivity index (χ0n) is 13.8. The van der Waals surface area contributed by atoms with Crippen LogP contribution >= 0.6 is 23.2 Å². The summed E-state index contributed by atoms with van der Waals surface area (Å²) in [6.45, 7) is 0.363. The van der Waals surface area contributed by atoms with Crippen molar-refractivity contribution in [1.29, 1.82) is 0 Å². The van der Waals surface area contributed by atoms with E-state index in [1.54, 1.807) is 0 Å². The van der Waals surface area contributed by atoms with Gasteiger partial charge in [0.1, 0.15) is 16.4 Å². The van der Waals surface area contributed by atoms with Crippen LogP contribution in [0.25, 0.3) is 0 Å². The summed E-state index contributed by atoms with van der Waals surface area (Å²) in [7, 11) is -4.04. The molecule has 0 aromatic heterocycles. The molecular formula is C16H15Cl2N3O5S. The molecule has 144 valence electrons. The second kappa shape index (κ2) is 7.61. The highest BCUT2D eigenvalue weighted by Crippen LogP contribution is 2.36. The molecule has 1 aliphatic heterocycles. The number of rotatable bonds is 5. The number of nitrogens with two attached hydrogens (primary N) is 1. The van der Waals surface area contributed by atoms with Crippen molar-refractivity contribution in [2.45, 2.75) is 17.4 Å². The molecule has 27 heavy (non-hydrogen) atoms. The van der Waals surface area contributed by atoms with Crippen LogP contribution in [0.1, 0.15) is 6.42 Å². The Morgan fingerprint density at radius 1 is 1.19 bits per heavy atom. The van der Waals surface area contributed by atoms with Crippen LogP contribution in [-0.4, -0.2) is 36.8 Å². The van der Waals surface area contributed by atoms with Crippen molar-refractivity contribution in [1.82, 2.24) is 4.31 Å². The minimum Gasteiger partial charge on any atom is -0.456 e. The van der Waals surface area contributed by atoms with Gasteiger partial charge in [0.15, 0.2) is 0 Å². The highest BCUT2D eigenvalue weighted by molar-refractivity contribution is 7.89. The average Bonchev–Trinajstić information content (AvgIpc) is 3.01. The van der Waals surface area contributed by atoms with E-state index in [0.29, 0.717) is 16.5 Å². The number of benzene rings is 2. The SMILES string of the molecule is N[C@@H]1CCN(S(=O)(=O)c2cc([N+](=O)[O-])ccc2Oc2cc(Cl)cc(Cl)c2)C1. The smallest absolute Gasteiger partial charge is 0.271 e. The number of sulfonamides is 1. The lowest BCUT2D eigenvalue weighted by Gasteiger charge is -2.18. The number of ether oxygens (including phenoxy) is 1. The minimum atomic E-state index is -4.04. The van der Waals surface area contributed by atoms with Gasteiger partial charge in [-0.1, -0.05) is 23.2 Å². The molecule has 3 rings (SSSR count). The normalized spacial score (nSPS) is 17.8. The molecule has 0 bridgehead atoms. The highest BCUT2D eigenvalue weighted by atomic mass is 35.5. The number of nitro groups is 1. The predicted molar refractivity (Wildman–Crippen MR) is 101 cm³/mol. The Kier molecular flexibility index (Phi) is 5.59. The summed E-state index contributed by atoms with van der Waals surface area (Å²) in [4.78, 5) is 10.1. The first-order valence-corrected chi connectivity index (χ1v) is 10.0. The van der Waals surface area contributed by atoms with E-state index in [9.17, 15) is 18.5 Å². The number of halogens is 2. The Bertz CT molecular complexity index is 979.